The largest absolute Gasteiger partial charge is 0.456 e. The molecule has 0 aliphatic rings. The molecule has 0 amide bonds. The molecule has 3 aromatic heterocycles. The Morgan fingerprint density at radius 3 is 2.92 bits per heavy atom. The zero-order valence-electron chi connectivity index (χ0n) is 13.6. The van der Waals surface area contributed by atoms with Crippen LogP contribution in [0.15, 0.2) is 52.5 Å². The molecular weight excluding hydrogens is 364 g/mol. The number of pyridine rings is 2. The quantitative estimate of drug-likeness (QED) is 0.503. The fourth-order valence-corrected chi connectivity index (χ4v) is 2.89. The summed E-state index contributed by atoms with van der Waals surface area (Å²) in [5, 5.41) is -0.116. The standard InChI is InChI=1S/C17H13F2N3O3S/c1-10-4-3-7-22-13(23)8-11(21-14(10)22)9-25-16(24)12-5-2-6-20-15(12)26-17(18)19/h2-8,17H,9H2,1H3. The molecule has 0 atom stereocenters. The molecule has 9 heteroatoms. The van der Waals surface area contributed by atoms with E-state index in [0.29, 0.717) is 5.65 Å². The molecule has 3 heterocycles. The number of thioether (sulfide) groups is 1. The van der Waals surface area contributed by atoms with Gasteiger partial charge in [-0.3, -0.25) is 9.20 Å². The summed E-state index contributed by atoms with van der Waals surface area (Å²) in [6.45, 7) is 1.55. The third-order valence-corrected chi connectivity index (χ3v) is 4.21. The Balaban J connectivity index is 1.82. The van der Waals surface area contributed by atoms with Crippen molar-refractivity contribution in [3.05, 3.63) is 69.9 Å². The van der Waals surface area contributed by atoms with Crippen molar-refractivity contribution < 1.29 is 18.3 Å². The van der Waals surface area contributed by atoms with E-state index in [1.807, 2.05) is 0 Å². The van der Waals surface area contributed by atoms with Crippen LogP contribution < -0.4 is 5.56 Å². The Labute approximate surface area is 150 Å². The molecule has 26 heavy (non-hydrogen) atoms. The SMILES string of the molecule is Cc1cccn2c(=O)cc(COC(=O)c3cccnc3SC(F)F)nc12. The lowest BCUT2D eigenvalue weighted by atomic mass is 10.3. The van der Waals surface area contributed by atoms with Gasteiger partial charge in [0.2, 0.25) is 0 Å². The molecule has 0 aliphatic carbocycles. The molecule has 0 saturated heterocycles. The predicted molar refractivity (Wildman–Crippen MR) is 91.4 cm³/mol. The highest BCUT2D eigenvalue weighted by Gasteiger charge is 2.18. The Bertz CT molecular complexity index is 1020. The number of aryl methyl sites for hydroxylation is 1. The number of nitrogens with zero attached hydrogens (tertiary/aromatic N) is 3. The number of hydrogen-bond acceptors (Lipinski definition) is 6. The minimum atomic E-state index is -2.71. The first-order chi connectivity index (χ1) is 12.5. The van der Waals surface area contributed by atoms with Gasteiger partial charge in [-0.15, -0.1) is 0 Å². The van der Waals surface area contributed by atoms with Crippen molar-refractivity contribution in [2.75, 3.05) is 0 Å². The summed E-state index contributed by atoms with van der Waals surface area (Å²) in [5.41, 5.74) is 1.15. The maximum absolute atomic E-state index is 12.6. The summed E-state index contributed by atoms with van der Waals surface area (Å²) in [7, 11) is 0. The zero-order valence-corrected chi connectivity index (χ0v) is 14.4. The molecule has 0 radical (unpaired) electrons. The molecule has 0 aromatic carbocycles. The molecular formula is C17H13F2N3O3S. The zero-order chi connectivity index (χ0) is 18.7. The van der Waals surface area contributed by atoms with Crippen molar-refractivity contribution in [3.63, 3.8) is 0 Å². The smallest absolute Gasteiger partial charge is 0.341 e. The summed E-state index contributed by atoms with van der Waals surface area (Å²) in [5.74, 6) is -3.52. The lowest BCUT2D eigenvalue weighted by Gasteiger charge is -2.09. The van der Waals surface area contributed by atoms with Crippen molar-refractivity contribution in [2.24, 2.45) is 0 Å². The monoisotopic (exact) mass is 377 g/mol. The molecule has 0 aliphatic heterocycles. The van der Waals surface area contributed by atoms with Crippen molar-refractivity contribution in [1.82, 2.24) is 14.4 Å². The van der Waals surface area contributed by atoms with E-state index in [4.69, 9.17) is 4.74 Å². The van der Waals surface area contributed by atoms with Crippen molar-refractivity contribution in [1.29, 1.82) is 0 Å². The van der Waals surface area contributed by atoms with E-state index in [1.165, 1.54) is 28.8 Å². The number of rotatable bonds is 5. The Hall–Kier alpha value is -2.81. The third kappa shape index (κ3) is 3.88. The van der Waals surface area contributed by atoms with Gasteiger partial charge in [-0.1, -0.05) is 6.07 Å². The first kappa shape index (κ1) is 18.0. The number of ether oxygens (including phenoxy) is 1. The first-order valence-electron chi connectivity index (χ1n) is 7.50. The molecule has 134 valence electrons. The summed E-state index contributed by atoms with van der Waals surface area (Å²) < 4.78 is 31.7. The number of fused-ring (bicyclic) bond motifs is 1. The molecule has 0 unspecified atom stereocenters. The molecule has 3 aromatic rings. The molecule has 0 spiro atoms. The second kappa shape index (κ2) is 7.61. The summed E-state index contributed by atoms with van der Waals surface area (Å²) in [6, 6.07) is 7.61. The van der Waals surface area contributed by atoms with E-state index in [9.17, 15) is 18.4 Å². The minimum Gasteiger partial charge on any atom is -0.456 e. The van der Waals surface area contributed by atoms with Crippen LogP contribution >= 0.6 is 11.8 Å². The Morgan fingerprint density at radius 1 is 1.35 bits per heavy atom. The first-order valence-corrected chi connectivity index (χ1v) is 8.38. The van der Waals surface area contributed by atoms with Crippen molar-refractivity contribution >= 4 is 23.4 Å². The maximum atomic E-state index is 12.6. The van der Waals surface area contributed by atoms with Gasteiger partial charge in [0, 0.05) is 18.5 Å². The van der Waals surface area contributed by atoms with Crippen molar-refractivity contribution in [3.8, 4) is 0 Å². The van der Waals surface area contributed by atoms with Crippen LogP contribution in [0.1, 0.15) is 21.6 Å². The number of carbonyl (C=O) groups is 1. The van der Waals surface area contributed by atoms with Gasteiger partial charge in [0.05, 0.1) is 11.3 Å². The van der Waals surface area contributed by atoms with Crippen LogP contribution in [0.3, 0.4) is 0 Å². The Kier molecular flexibility index (Phi) is 5.27. The highest BCUT2D eigenvalue weighted by molar-refractivity contribution is 7.99. The lowest BCUT2D eigenvalue weighted by molar-refractivity contribution is 0.0462. The normalized spacial score (nSPS) is 11.1. The number of alkyl halides is 2. The van der Waals surface area contributed by atoms with Crippen molar-refractivity contribution in [2.45, 2.75) is 24.3 Å². The van der Waals surface area contributed by atoms with E-state index in [2.05, 4.69) is 9.97 Å². The van der Waals surface area contributed by atoms with E-state index < -0.39 is 11.7 Å². The predicted octanol–water partition coefficient (Wildman–Crippen LogP) is 3.07. The van der Waals surface area contributed by atoms with E-state index >= 15 is 0 Å². The summed E-state index contributed by atoms with van der Waals surface area (Å²) >= 11 is 0.167. The van der Waals surface area contributed by atoms with Gasteiger partial charge in [-0.25, -0.2) is 14.8 Å². The Morgan fingerprint density at radius 2 is 2.15 bits per heavy atom. The van der Waals surface area contributed by atoms with Crippen LogP contribution in [0.4, 0.5) is 8.78 Å². The van der Waals surface area contributed by atoms with Crippen LogP contribution in [-0.4, -0.2) is 26.1 Å². The van der Waals surface area contributed by atoms with Crippen LogP contribution in [0.2, 0.25) is 0 Å². The van der Waals surface area contributed by atoms with Gasteiger partial charge in [0.25, 0.3) is 11.3 Å². The number of hydrogen-bond donors (Lipinski definition) is 0. The van der Waals surface area contributed by atoms with Gasteiger partial charge in [-0.2, -0.15) is 8.78 Å². The van der Waals surface area contributed by atoms with E-state index in [-0.39, 0.29) is 40.2 Å². The number of aromatic nitrogens is 3. The van der Waals surface area contributed by atoms with Gasteiger partial charge in [0.1, 0.15) is 17.3 Å². The maximum Gasteiger partial charge on any atom is 0.341 e. The molecule has 6 nitrogen and oxygen atoms in total. The van der Waals surface area contributed by atoms with Crippen LogP contribution in [-0.2, 0) is 11.3 Å². The molecule has 0 fully saturated rings. The fourth-order valence-electron chi connectivity index (χ4n) is 2.32. The second-order valence-electron chi connectivity index (χ2n) is 5.28. The van der Waals surface area contributed by atoms with Crippen LogP contribution in [0.5, 0.6) is 0 Å². The topological polar surface area (TPSA) is 73.6 Å². The van der Waals surface area contributed by atoms with E-state index in [1.54, 1.807) is 25.3 Å². The van der Waals surface area contributed by atoms with Gasteiger partial charge in [0.15, 0.2) is 0 Å². The summed E-state index contributed by atoms with van der Waals surface area (Å²) in [6.07, 6.45) is 2.91. The third-order valence-electron chi connectivity index (χ3n) is 3.48. The number of esters is 1. The highest BCUT2D eigenvalue weighted by Crippen LogP contribution is 2.26. The van der Waals surface area contributed by atoms with Gasteiger partial charge >= 0.3 is 5.97 Å². The average Bonchev–Trinajstić information content (AvgIpc) is 2.60. The fraction of sp³-hybridized carbons (Fsp3) is 0.176. The van der Waals surface area contributed by atoms with E-state index in [0.717, 1.165) is 5.56 Å². The average molecular weight is 377 g/mol. The highest BCUT2D eigenvalue weighted by atomic mass is 32.2. The molecule has 0 bridgehead atoms. The molecule has 0 saturated carbocycles. The molecule has 0 N–H and O–H groups in total. The number of carbonyl (C=O) groups excluding carboxylic acids is 1. The molecule has 3 rings (SSSR count). The minimum absolute atomic E-state index is 0.0634. The van der Waals surface area contributed by atoms with Gasteiger partial charge < -0.3 is 4.74 Å². The number of halogens is 2. The van der Waals surface area contributed by atoms with Crippen LogP contribution in [0, 0.1) is 6.92 Å². The van der Waals surface area contributed by atoms with Gasteiger partial charge in [-0.05, 0) is 42.4 Å². The summed E-state index contributed by atoms with van der Waals surface area (Å²) in [4.78, 5) is 32.4. The van der Waals surface area contributed by atoms with Crippen LogP contribution in [0.25, 0.3) is 5.65 Å². The lowest BCUT2D eigenvalue weighted by Crippen LogP contribution is -2.17. The second-order valence-corrected chi connectivity index (χ2v) is 6.26.